The van der Waals surface area contributed by atoms with Crippen LogP contribution in [0, 0.1) is 6.92 Å². The van der Waals surface area contributed by atoms with Gasteiger partial charge in [0, 0.05) is 12.1 Å². The molecule has 0 saturated carbocycles. The summed E-state index contributed by atoms with van der Waals surface area (Å²) >= 11 is 0. The number of nitrogens with two attached hydrogens (primary N) is 1. The van der Waals surface area contributed by atoms with E-state index in [2.05, 4.69) is 4.99 Å². The van der Waals surface area contributed by atoms with Crippen LogP contribution in [0.15, 0.2) is 29.3 Å². The quantitative estimate of drug-likeness (QED) is 0.922. The first-order valence-electron chi connectivity index (χ1n) is 6.95. The van der Waals surface area contributed by atoms with Crippen molar-refractivity contribution in [1.82, 2.24) is 0 Å². The van der Waals surface area contributed by atoms with Gasteiger partial charge in [-0.05, 0) is 38.8 Å². The molecule has 21 heavy (non-hydrogen) atoms. The predicted octanol–water partition coefficient (Wildman–Crippen LogP) is 3.62. The highest BCUT2D eigenvalue weighted by atomic mass is 19.4. The summed E-state index contributed by atoms with van der Waals surface area (Å²) in [5, 5.41) is 0. The normalized spacial score (nSPS) is 22.5. The number of aryl methyl sites for hydroxylation is 1. The fourth-order valence-corrected chi connectivity index (χ4v) is 2.67. The fraction of sp³-hybridized carbons (Fsp3) is 0.533. The molecule has 0 bridgehead atoms. The molecule has 0 radical (unpaired) electrons. The molecule has 2 N–H and O–H groups in total. The van der Waals surface area contributed by atoms with Crippen molar-refractivity contribution in [2.24, 2.45) is 10.7 Å². The van der Waals surface area contributed by atoms with Gasteiger partial charge in [0.2, 0.25) is 0 Å². The first-order chi connectivity index (χ1) is 9.71. The molecule has 1 unspecified atom stereocenters. The summed E-state index contributed by atoms with van der Waals surface area (Å²) in [7, 11) is 0. The van der Waals surface area contributed by atoms with E-state index in [1.165, 1.54) is 0 Å². The van der Waals surface area contributed by atoms with Gasteiger partial charge >= 0.3 is 6.18 Å². The van der Waals surface area contributed by atoms with Crippen molar-refractivity contribution < 1.29 is 13.2 Å². The van der Waals surface area contributed by atoms with E-state index in [0.29, 0.717) is 18.9 Å². The standard InChI is InChI=1S/C15H20F3N3/c1-11-4-6-12(7-5-11)21-13(19)20-10-14(21,2)8-3-9-15(16,17)18/h4-7H,3,8-10H2,1-2H3,(H2,19,20). The molecule has 116 valence electrons. The average Bonchev–Trinajstić information content (AvgIpc) is 2.65. The van der Waals surface area contributed by atoms with Crippen molar-refractivity contribution in [3.8, 4) is 0 Å². The summed E-state index contributed by atoms with van der Waals surface area (Å²) < 4.78 is 37.0. The van der Waals surface area contributed by atoms with Crippen LogP contribution in [0.5, 0.6) is 0 Å². The lowest BCUT2D eigenvalue weighted by molar-refractivity contribution is -0.136. The van der Waals surface area contributed by atoms with E-state index in [9.17, 15) is 13.2 Å². The van der Waals surface area contributed by atoms with E-state index in [1.54, 1.807) is 0 Å². The van der Waals surface area contributed by atoms with E-state index in [4.69, 9.17) is 5.73 Å². The first-order valence-corrected chi connectivity index (χ1v) is 6.95. The van der Waals surface area contributed by atoms with Crippen LogP contribution in [0.4, 0.5) is 18.9 Å². The van der Waals surface area contributed by atoms with E-state index >= 15 is 0 Å². The highest BCUT2D eigenvalue weighted by Gasteiger charge is 2.39. The van der Waals surface area contributed by atoms with Crippen LogP contribution >= 0.6 is 0 Å². The molecule has 0 amide bonds. The molecule has 1 aromatic rings. The maximum atomic E-state index is 12.3. The Kier molecular flexibility index (Phi) is 4.16. The minimum absolute atomic E-state index is 0.0746. The Bertz CT molecular complexity index is 522. The minimum atomic E-state index is -4.12. The van der Waals surface area contributed by atoms with Crippen molar-refractivity contribution in [2.75, 3.05) is 11.4 Å². The first kappa shape index (κ1) is 15.7. The van der Waals surface area contributed by atoms with Gasteiger partial charge in [0.05, 0.1) is 12.1 Å². The molecule has 0 fully saturated rings. The van der Waals surface area contributed by atoms with Gasteiger partial charge in [-0.25, -0.2) is 0 Å². The lowest BCUT2D eigenvalue weighted by Gasteiger charge is -2.36. The predicted molar refractivity (Wildman–Crippen MR) is 78.5 cm³/mol. The van der Waals surface area contributed by atoms with Gasteiger partial charge in [-0.3, -0.25) is 4.99 Å². The monoisotopic (exact) mass is 299 g/mol. The highest BCUT2D eigenvalue weighted by molar-refractivity contribution is 5.98. The van der Waals surface area contributed by atoms with Gasteiger partial charge in [0.25, 0.3) is 0 Å². The van der Waals surface area contributed by atoms with Gasteiger partial charge in [-0.1, -0.05) is 17.7 Å². The van der Waals surface area contributed by atoms with Crippen LogP contribution < -0.4 is 10.6 Å². The Balaban J connectivity index is 2.13. The Morgan fingerprint density at radius 2 is 1.90 bits per heavy atom. The van der Waals surface area contributed by atoms with Crippen molar-refractivity contribution in [3.05, 3.63) is 29.8 Å². The number of anilines is 1. The molecule has 1 aromatic carbocycles. The molecule has 6 heteroatoms. The molecule has 0 aromatic heterocycles. The number of halogens is 3. The number of rotatable bonds is 4. The van der Waals surface area contributed by atoms with Crippen molar-refractivity contribution in [2.45, 2.75) is 44.8 Å². The van der Waals surface area contributed by atoms with Crippen LogP contribution in [0.25, 0.3) is 0 Å². The number of hydrogen-bond acceptors (Lipinski definition) is 3. The number of benzene rings is 1. The van der Waals surface area contributed by atoms with E-state index < -0.39 is 18.1 Å². The summed E-state index contributed by atoms with van der Waals surface area (Å²) in [6.45, 7) is 4.31. The third kappa shape index (κ3) is 3.68. The molecule has 1 atom stereocenters. The van der Waals surface area contributed by atoms with E-state index in [0.717, 1.165) is 11.3 Å². The van der Waals surface area contributed by atoms with Crippen LogP contribution in [0.1, 0.15) is 31.7 Å². The third-order valence-electron chi connectivity index (χ3n) is 3.82. The van der Waals surface area contributed by atoms with Gasteiger partial charge in [-0.2, -0.15) is 13.2 Å². The van der Waals surface area contributed by atoms with Crippen LogP contribution in [0.2, 0.25) is 0 Å². The Morgan fingerprint density at radius 3 is 2.48 bits per heavy atom. The topological polar surface area (TPSA) is 41.6 Å². The maximum absolute atomic E-state index is 12.3. The van der Waals surface area contributed by atoms with E-state index in [-0.39, 0.29) is 6.42 Å². The molecule has 2 rings (SSSR count). The lowest BCUT2D eigenvalue weighted by Crippen LogP contribution is -2.50. The van der Waals surface area contributed by atoms with Crippen molar-refractivity contribution >= 4 is 11.6 Å². The average molecular weight is 299 g/mol. The van der Waals surface area contributed by atoms with Crippen LogP contribution in [-0.2, 0) is 0 Å². The van der Waals surface area contributed by atoms with Crippen molar-refractivity contribution in [1.29, 1.82) is 0 Å². The molecular weight excluding hydrogens is 279 g/mol. The van der Waals surface area contributed by atoms with Crippen molar-refractivity contribution in [3.63, 3.8) is 0 Å². The molecule has 0 saturated heterocycles. The molecule has 3 nitrogen and oxygen atoms in total. The zero-order valence-electron chi connectivity index (χ0n) is 12.2. The third-order valence-corrected chi connectivity index (χ3v) is 3.82. The minimum Gasteiger partial charge on any atom is -0.369 e. The van der Waals surface area contributed by atoms with Gasteiger partial charge in [0.15, 0.2) is 5.96 Å². The summed E-state index contributed by atoms with van der Waals surface area (Å²) in [5.41, 5.74) is 7.43. The number of hydrogen-bond donors (Lipinski definition) is 1. The van der Waals surface area contributed by atoms with E-state index in [1.807, 2.05) is 43.0 Å². The summed E-state index contributed by atoms with van der Waals surface area (Å²) in [6.07, 6.45) is -4.42. The van der Waals surface area contributed by atoms with Crippen LogP contribution in [0.3, 0.4) is 0 Å². The molecule has 0 aliphatic carbocycles. The molecule has 1 heterocycles. The highest BCUT2D eigenvalue weighted by Crippen LogP contribution is 2.34. The summed E-state index contributed by atoms with van der Waals surface area (Å²) in [6, 6.07) is 7.75. The molecule has 0 spiro atoms. The molecule has 1 aliphatic heterocycles. The number of aliphatic imine (C=N–C) groups is 1. The van der Waals surface area contributed by atoms with Gasteiger partial charge in [-0.15, -0.1) is 0 Å². The Hall–Kier alpha value is -1.72. The second kappa shape index (κ2) is 5.58. The zero-order chi connectivity index (χ0) is 15.7. The van der Waals surface area contributed by atoms with Crippen LogP contribution in [-0.4, -0.2) is 24.2 Å². The Morgan fingerprint density at radius 1 is 1.29 bits per heavy atom. The molecular formula is C15H20F3N3. The van der Waals surface area contributed by atoms with Gasteiger partial charge < -0.3 is 10.6 Å². The lowest BCUT2D eigenvalue weighted by atomic mass is 9.93. The number of alkyl halides is 3. The second-order valence-corrected chi connectivity index (χ2v) is 5.81. The second-order valence-electron chi connectivity index (χ2n) is 5.81. The SMILES string of the molecule is Cc1ccc(N2C(N)=NCC2(C)CCCC(F)(F)F)cc1. The largest absolute Gasteiger partial charge is 0.389 e. The molecule has 1 aliphatic rings. The zero-order valence-corrected chi connectivity index (χ0v) is 12.2. The number of guanidine groups is 1. The summed E-state index contributed by atoms with van der Waals surface area (Å²) in [5.74, 6) is 0.369. The Labute approximate surface area is 122 Å². The van der Waals surface area contributed by atoms with Gasteiger partial charge in [0.1, 0.15) is 0 Å². The number of nitrogens with zero attached hydrogens (tertiary/aromatic N) is 2. The summed E-state index contributed by atoms with van der Waals surface area (Å²) in [4.78, 5) is 6.07. The maximum Gasteiger partial charge on any atom is 0.389 e. The smallest absolute Gasteiger partial charge is 0.369 e. The fourth-order valence-electron chi connectivity index (χ4n) is 2.67.